The van der Waals surface area contributed by atoms with Crippen molar-refractivity contribution in [2.75, 3.05) is 7.05 Å². The maximum absolute atomic E-state index is 13.8. The topological polar surface area (TPSA) is 113 Å². The van der Waals surface area contributed by atoms with Crippen molar-refractivity contribution in [3.8, 4) is 5.82 Å². The maximum Gasteiger partial charge on any atom is 0.237 e. The molecule has 9 heteroatoms. The van der Waals surface area contributed by atoms with Crippen LogP contribution in [0.25, 0.3) is 16.7 Å². The van der Waals surface area contributed by atoms with Gasteiger partial charge in [-0.15, -0.1) is 0 Å². The highest BCUT2D eigenvalue weighted by Crippen LogP contribution is 2.30. The molecular formula is C29H37FN6O2. The van der Waals surface area contributed by atoms with Gasteiger partial charge in [-0.25, -0.2) is 14.4 Å². The molecule has 0 unspecified atom stereocenters. The number of amides is 1. The van der Waals surface area contributed by atoms with Crippen LogP contribution in [0.1, 0.15) is 69.5 Å². The SMILES string of the molecule is CC[C@H](C(=N)C(=O)[C@@H](NC(=O)[C@H](C)NC)C1CCCCC1)c1cc(-n2cc(C)c3cc(F)ccc32)ncn1. The lowest BCUT2D eigenvalue weighted by atomic mass is 9.79. The van der Waals surface area contributed by atoms with E-state index in [0.29, 0.717) is 17.9 Å². The summed E-state index contributed by atoms with van der Waals surface area (Å²) in [6.45, 7) is 5.59. The molecule has 38 heavy (non-hydrogen) atoms. The first-order chi connectivity index (χ1) is 18.2. The lowest BCUT2D eigenvalue weighted by Crippen LogP contribution is -2.53. The normalized spacial score (nSPS) is 16.7. The summed E-state index contributed by atoms with van der Waals surface area (Å²) >= 11 is 0. The standard InChI is InChI=1S/C29H37FN6O2/c1-5-21(26(31)28(37)27(19-9-7-6-8-10-19)35-29(38)18(3)32-4)23-14-25(34-16-33-23)36-15-17(2)22-13-20(30)11-12-24(22)36/h11-16,18-19,21,27,31-32H,5-10H2,1-4H3,(H,35,38)/t18-,21-,27-/m0/s1. The minimum Gasteiger partial charge on any atom is -0.344 e. The van der Waals surface area contributed by atoms with E-state index >= 15 is 0 Å². The van der Waals surface area contributed by atoms with Crippen molar-refractivity contribution in [3.63, 3.8) is 0 Å². The van der Waals surface area contributed by atoms with E-state index in [4.69, 9.17) is 5.41 Å². The molecule has 202 valence electrons. The number of carbonyl (C=O) groups excluding carboxylic acids is 2. The molecule has 1 aliphatic carbocycles. The number of aromatic nitrogens is 3. The van der Waals surface area contributed by atoms with Crippen LogP contribution in [0.3, 0.4) is 0 Å². The Hall–Kier alpha value is -3.46. The Morgan fingerprint density at radius 1 is 1.18 bits per heavy atom. The van der Waals surface area contributed by atoms with Crippen LogP contribution < -0.4 is 10.6 Å². The van der Waals surface area contributed by atoms with E-state index < -0.39 is 18.0 Å². The van der Waals surface area contributed by atoms with Crippen LogP contribution in [-0.2, 0) is 9.59 Å². The molecule has 1 amide bonds. The highest BCUT2D eigenvalue weighted by atomic mass is 19.1. The van der Waals surface area contributed by atoms with Gasteiger partial charge in [0.1, 0.15) is 18.0 Å². The molecular weight excluding hydrogens is 483 g/mol. The molecule has 1 aromatic carbocycles. The van der Waals surface area contributed by atoms with Gasteiger partial charge in [-0.05, 0) is 69.8 Å². The van der Waals surface area contributed by atoms with Crippen molar-refractivity contribution in [1.29, 1.82) is 5.41 Å². The molecule has 0 spiro atoms. The second-order valence-electron chi connectivity index (χ2n) is 10.3. The van der Waals surface area contributed by atoms with E-state index in [9.17, 15) is 14.0 Å². The number of nitrogens with one attached hydrogen (secondary N) is 3. The molecule has 1 saturated carbocycles. The number of halogens is 1. The van der Waals surface area contributed by atoms with Crippen LogP contribution in [-0.4, -0.2) is 51.1 Å². The molecule has 0 bridgehead atoms. The lowest BCUT2D eigenvalue weighted by molar-refractivity contribution is -0.127. The van der Waals surface area contributed by atoms with Crippen LogP contribution in [0.2, 0.25) is 0 Å². The second-order valence-corrected chi connectivity index (χ2v) is 10.3. The van der Waals surface area contributed by atoms with E-state index in [2.05, 4.69) is 20.6 Å². The van der Waals surface area contributed by atoms with Crippen LogP contribution in [0.4, 0.5) is 4.39 Å². The van der Waals surface area contributed by atoms with Gasteiger partial charge in [-0.1, -0.05) is 26.2 Å². The minimum absolute atomic E-state index is 0.0117. The Morgan fingerprint density at radius 3 is 2.61 bits per heavy atom. The Balaban J connectivity index is 1.64. The largest absolute Gasteiger partial charge is 0.344 e. The Bertz CT molecular complexity index is 1330. The first kappa shape index (κ1) is 27.6. The second kappa shape index (κ2) is 11.9. The van der Waals surface area contributed by atoms with Crippen molar-refractivity contribution in [1.82, 2.24) is 25.2 Å². The molecule has 3 N–H and O–H groups in total. The molecule has 1 aliphatic rings. The zero-order valence-electron chi connectivity index (χ0n) is 22.6. The third kappa shape index (κ3) is 5.67. The number of rotatable bonds is 10. The van der Waals surface area contributed by atoms with Gasteiger partial charge < -0.3 is 20.6 Å². The fraction of sp³-hybridized carbons (Fsp3) is 0.483. The van der Waals surface area contributed by atoms with Gasteiger partial charge in [-0.3, -0.25) is 9.59 Å². The number of nitrogens with zero attached hydrogens (tertiary/aromatic N) is 3. The molecule has 3 atom stereocenters. The summed E-state index contributed by atoms with van der Waals surface area (Å²) in [6.07, 6.45) is 8.68. The third-order valence-corrected chi connectivity index (χ3v) is 7.79. The van der Waals surface area contributed by atoms with Gasteiger partial charge in [-0.2, -0.15) is 0 Å². The van der Waals surface area contributed by atoms with E-state index in [-0.39, 0.29) is 29.1 Å². The van der Waals surface area contributed by atoms with Gasteiger partial charge in [0, 0.05) is 23.6 Å². The van der Waals surface area contributed by atoms with E-state index in [1.54, 1.807) is 26.1 Å². The highest BCUT2D eigenvalue weighted by molar-refractivity contribution is 6.42. The number of hydrogen-bond acceptors (Lipinski definition) is 6. The molecule has 3 aromatic rings. The molecule has 0 aliphatic heterocycles. The van der Waals surface area contributed by atoms with Gasteiger partial charge in [0.2, 0.25) is 5.91 Å². The smallest absolute Gasteiger partial charge is 0.237 e. The number of fused-ring (bicyclic) bond motifs is 1. The number of aryl methyl sites for hydroxylation is 1. The molecule has 1 fully saturated rings. The molecule has 0 radical (unpaired) electrons. The number of likely N-dealkylation sites (N-methyl/N-ethyl adjacent to an activating group) is 1. The average molecular weight is 521 g/mol. The van der Waals surface area contributed by atoms with E-state index in [1.807, 2.05) is 24.6 Å². The Labute approximate surface area is 223 Å². The van der Waals surface area contributed by atoms with Gasteiger partial charge >= 0.3 is 0 Å². The number of carbonyl (C=O) groups is 2. The summed E-state index contributed by atoms with van der Waals surface area (Å²) < 4.78 is 15.7. The molecule has 0 saturated heterocycles. The van der Waals surface area contributed by atoms with Gasteiger partial charge in [0.15, 0.2) is 5.78 Å². The Kier molecular flexibility index (Phi) is 8.66. The first-order valence-corrected chi connectivity index (χ1v) is 13.4. The van der Waals surface area contributed by atoms with Crippen molar-refractivity contribution in [2.45, 2.75) is 77.3 Å². The van der Waals surface area contributed by atoms with Crippen LogP contribution in [0, 0.1) is 24.1 Å². The monoisotopic (exact) mass is 520 g/mol. The van der Waals surface area contributed by atoms with Crippen molar-refractivity contribution >= 4 is 28.3 Å². The van der Waals surface area contributed by atoms with Crippen LogP contribution >= 0.6 is 0 Å². The third-order valence-electron chi connectivity index (χ3n) is 7.79. The predicted octanol–water partition coefficient (Wildman–Crippen LogP) is 4.62. The Morgan fingerprint density at radius 2 is 1.92 bits per heavy atom. The predicted molar refractivity (Wildman–Crippen MR) is 146 cm³/mol. The molecule has 2 aromatic heterocycles. The van der Waals surface area contributed by atoms with E-state index in [1.165, 1.54) is 18.5 Å². The van der Waals surface area contributed by atoms with Gasteiger partial charge in [0.05, 0.1) is 29.0 Å². The summed E-state index contributed by atoms with van der Waals surface area (Å²) in [5.41, 5.74) is 2.23. The quantitative estimate of drug-likeness (QED) is 0.338. The summed E-state index contributed by atoms with van der Waals surface area (Å²) in [4.78, 5) is 35.4. The number of hydrogen-bond donors (Lipinski definition) is 3. The van der Waals surface area contributed by atoms with Crippen molar-refractivity contribution < 1.29 is 14.0 Å². The zero-order chi connectivity index (χ0) is 27.4. The fourth-order valence-electron chi connectivity index (χ4n) is 5.41. The van der Waals surface area contributed by atoms with Gasteiger partial charge in [0.25, 0.3) is 0 Å². The summed E-state index contributed by atoms with van der Waals surface area (Å²) in [7, 11) is 1.70. The molecule has 2 heterocycles. The number of Topliss-reactive ketones (excluding diaryl/α,β-unsaturated/α-hetero) is 1. The summed E-state index contributed by atoms with van der Waals surface area (Å²) in [6, 6.07) is 5.25. The highest BCUT2D eigenvalue weighted by Gasteiger charge is 2.36. The molecule has 4 rings (SSSR count). The summed E-state index contributed by atoms with van der Waals surface area (Å²) in [5.74, 6) is -0.847. The minimum atomic E-state index is -0.729. The van der Waals surface area contributed by atoms with Crippen LogP contribution in [0.5, 0.6) is 0 Å². The number of ketones is 1. The fourth-order valence-corrected chi connectivity index (χ4v) is 5.41. The van der Waals surface area contributed by atoms with Crippen LogP contribution in [0.15, 0.2) is 36.8 Å². The molecule has 8 nitrogen and oxygen atoms in total. The van der Waals surface area contributed by atoms with Crippen molar-refractivity contribution in [2.24, 2.45) is 5.92 Å². The first-order valence-electron chi connectivity index (χ1n) is 13.4. The zero-order valence-corrected chi connectivity index (χ0v) is 22.6. The van der Waals surface area contributed by atoms with Crippen molar-refractivity contribution in [3.05, 3.63) is 53.9 Å². The average Bonchev–Trinajstić information content (AvgIpc) is 3.27. The number of benzene rings is 1. The van der Waals surface area contributed by atoms with E-state index in [0.717, 1.165) is 48.6 Å². The lowest BCUT2D eigenvalue weighted by Gasteiger charge is -2.31. The maximum atomic E-state index is 13.8. The summed E-state index contributed by atoms with van der Waals surface area (Å²) in [5, 5.41) is 15.6.